The van der Waals surface area contributed by atoms with E-state index in [1.54, 1.807) is 18.3 Å². The average Bonchev–Trinajstić information content (AvgIpc) is 2.41. The minimum absolute atomic E-state index is 0.0452. The molecule has 6 heteroatoms. The van der Waals surface area contributed by atoms with E-state index in [-0.39, 0.29) is 11.7 Å². The van der Waals surface area contributed by atoms with E-state index in [0.29, 0.717) is 0 Å². The van der Waals surface area contributed by atoms with Gasteiger partial charge in [0.2, 0.25) is 0 Å². The fraction of sp³-hybridized carbons (Fsp3) is 0.154. The van der Waals surface area contributed by atoms with E-state index < -0.39 is 4.92 Å². The molecule has 98 valence electrons. The van der Waals surface area contributed by atoms with Crippen LogP contribution in [0.4, 0.5) is 11.4 Å². The van der Waals surface area contributed by atoms with Gasteiger partial charge in [0.05, 0.1) is 16.8 Å². The number of nitrogens with one attached hydrogen (secondary N) is 1. The van der Waals surface area contributed by atoms with Crippen LogP contribution < -0.4 is 5.32 Å². The summed E-state index contributed by atoms with van der Waals surface area (Å²) in [5, 5.41) is 13.9. The molecule has 1 aromatic heterocycles. The molecule has 0 amide bonds. The number of halogens is 1. The van der Waals surface area contributed by atoms with Crippen molar-refractivity contribution >= 4 is 27.3 Å². The summed E-state index contributed by atoms with van der Waals surface area (Å²) in [5.74, 6) is 0. The number of pyridine rings is 1. The highest BCUT2D eigenvalue weighted by molar-refractivity contribution is 9.10. The minimum Gasteiger partial charge on any atom is -0.377 e. The van der Waals surface area contributed by atoms with Gasteiger partial charge < -0.3 is 5.32 Å². The van der Waals surface area contributed by atoms with Gasteiger partial charge in [-0.1, -0.05) is 12.1 Å². The van der Waals surface area contributed by atoms with Crippen LogP contribution in [0.2, 0.25) is 0 Å². The summed E-state index contributed by atoms with van der Waals surface area (Å²) in [4.78, 5) is 14.3. The van der Waals surface area contributed by atoms with Crippen LogP contribution in [0, 0.1) is 10.1 Å². The van der Waals surface area contributed by atoms with Crippen LogP contribution >= 0.6 is 15.9 Å². The summed E-state index contributed by atoms with van der Waals surface area (Å²) in [6.45, 7) is 1.99. The molecule has 0 aliphatic carbocycles. The van der Waals surface area contributed by atoms with Gasteiger partial charge in [-0.15, -0.1) is 0 Å². The Labute approximate surface area is 119 Å². The number of hydrogen-bond donors (Lipinski definition) is 1. The Kier molecular flexibility index (Phi) is 4.11. The van der Waals surface area contributed by atoms with Gasteiger partial charge >= 0.3 is 0 Å². The van der Waals surface area contributed by atoms with E-state index in [0.717, 1.165) is 15.9 Å². The topological polar surface area (TPSA) is 68.1 Å². The maximum absolute atomic E-state index is 10.6. The summed E-state index contributed by atoms with van der Waals surface area (Å²) in [5.41, 5.74) is 1.98. The first-order valence-electron chi connectivity index (χ1n) is 5.68. The van der Waals surface area contributed by atoms with E-state index in [4.69, 9.17) is 0 Å². The fourth-order valence-electron chi connectivity index (χ4n) is 1.68. The fourth-order valence-corrected chi connectivity index (χ4v) is 1.91. The van der Waals surface area contributed by atoms with Gasteiger partial charge in [0.1, 0.15) is 4.60 Å². The van der Waals surface area contributed by atoms with Gasteiger partial charge in [-0.2, -0.15) is 0 Å². The molecule has 1 unspecified atom stereocenters. The van der Waals surface area contributed by atoms with Crippen LogP contribution in [-0.2, 0) is 0 Å². The second-order valence-electron chi connectivity index (χ2n) is 4.08. The molecule has 0 bridgehead atoms. The highest BCUT2D eigenvalue weighted by atomic mass is 79.9. The zero-order valence-electron chi connectivity index (χ0n) is 10.2. The molecule has 1 heterocycles. The van der Waals surface area contributed by atoms with Crippen LogP contribution in [-0.4, -0.2) is 9.91 Å². The quantitative estimate of drug-likeness (QED) is 0.526. The maximum atomic E-state index is 10.6. The lowest BCUT2D eigenvalue weighted by Gasteiger charge is -2.15. The molecule has 0 saturated heterocycles. The Morgan fingerprint density at radius 2 is 1.95 bits per heavy atom. The molecule has 0 aliphatic heterocycles. The van der Waals surface area contributed by atoms with Gasteiger partial charge in [0.15, 0.2) is 0 Å². The maximum Gasteiger partial charge on any atom is 0.269 e. The number of aromatic nitrogens is 1. The Balaban J connectivity index is 2.09. The third kappa shape index (κ3) is 3.51. The molecule has 1 N–H and O–H groups in total. The van der Waals surface area contributed by atoms with Crippen molar-refractivity contribution in [1.29, 1.82) is 0 Å². The molecular weight excluding hydrogens is 310 g/mol. The van der Waals surface area contributed by atoms with Crippen LogP contribution in [0.25, 0.3) is 0 Å². The van der Waals surface area contributed by atoms with E-state index in [9.17, 15) is 10.1 Å². The lowest BCUT2D eigenvalue weighted by atomic mass is 10.1. The molecule has 1 atom stereocenters. The van der Waals surface area contributed by atoms with Crippen LogP contribution in [0.5, 0.6) is 0 Å². The van der Waals surface area contributed by atoms with Crippen molar-refractivity contribution in [3.63, 3.8) is 0 Å². The summed E-state index contributed by atoms with van der Waals surface area (Å²) in [6, 6.07) is 10.3. The largest absolute Gasteiger partial charge is 0.377 e. The molecule has 2 rings (SSSR count). The second kappa shape index (κ2) is 5.79. The summed E-state index contributed by atoms with van der Waals surface area (Å²) < 4.78 is 0.779. The number of nitrogens with zero attached hydrogens (tertiary/aromatic N) is 2. The minimum atomic E-state index is -0.402. The smallest absolute Gasteiger partial charge is 0.269 e. The third-order valence-corrected chi connectivity index (χ3v) is 3.18. The number of nitro groups is 1. The Bertz CT molecular complexity index is 569. The standard InChI is InChI=1S/C13H12BrN3O2/c1-9(16-11-4-7-13(14)15-8-11)10-2-5-12(6-3-10)17(18)19/h2-9,16H,1H3. The van der Waals surface area contributed by atoms with E-state index in [1.165, 1.54) is 12.1 Å². The second-order valence-corrected chi connectivity index (χ2v) is 4.90. The summed E-state index contributed by atoms with van der Waals surface area (Å²) in [7, 11) is 0. The van der Waals surface area contributed by atoms with Crippen molar-refractivity contribution in [3.05, 3.63) is 62.9 Å². The first kappa shape index (κ1) is 13.5. The SMILES string of the molecule is CC(Nc1ccc(Br)nc1)c1ccc([N+](=O)[O-])cc1. The number of non-ortho nitro benzene ring substituents is 1. The lowest BCUT2D eigenvalue weighted by molar-refractivity contribution is -0.384. The van der Waals surface area contributed by atoms with E-state index >= 15 is 0 Å². The Hall–Kier alpha value is -1.95. The molecule has 19 heavy (non-hydrogen) atoms. The average molecular weight is 322 g/mol. The summed E-state index contributed by atoms with van der Waals surface area (Å²) >= 11 is 3.28. The molecular formula is C13H12BrN3O2. The van der Waals surface area contributed by atoms with Gasteiger partial charge in [-0.05, 0) is 40.5 Å². The molecule has 0 saturated carbocycles. The van der Waals surface area contributed by atoms with Crippen molar-refractivity contribution in [3.8, 4) is 0 Å². The number of rotatable bonds is 4. The normalized spacial score (nSPS) is 11.9. The molecule has 1 aromatic carbocycles. The van der Waals surface area contributed by atoms with Gasteiger partial charge in [0.25, 0.3) is 5.69 Å². The number of benzene rings is 1. The molecule has 0 radical (unpaired) electrons. The predicted octanol–water partition coefficient (Wildman–Crippen LogP) is 3.93. The van der Waals surface area contributed by atoms with Crippen molar-refractivity contribution in [2.24, 2.45) is 0 Å². The van der Waals surface area contributed by atoms with Crippen molar-refractivity contribution in [2.75, 3.05) is 5.32 Å². The van der Waals surface area contributed by atoms with Crippen LogP contribution in [0.1, 0.15) is 18.5 Å². The van der Waals surface area contributed by atoms with Crippen molar-refractivity contribution in [2.45, 2.75) is 13.0 Å². The summed E-state index contributed by atoms with van der Waals surface area (Å²) in [6.07, 6.45) is 1.73. The molecule has 0 fully saturated rings. The molecule has 2 aromatic rings. The molecule has 0 spiro atoms. The Morgan fingerprint density at radius 1 is 1.26 bits per heavy atom. The monoisotopic (exact) mass is 321 g/mol. The zero-order valence-corrected chi connectivity index (χ0v) is 11.8. The van der Waals surface area contributed by atoms with Crippen LogP contribution in [0.15, 0.2) is 47.2 Å². The van der Waals surface area contributed by atoms with Crippen LogP contribution in [0.3, 0.4) is 0 Å². The highest BCUT2D eigenvalue weighted by Gasteiger charge is 2.09. The molecule has 0 aliphatic rings. The van der Waals surface area contributed by atoms with Gasteiger partial charge in [-0.3, -0.25) is 10.1 Å². The van der Waals surface area contributed by atoms with Gasteiger partial charge in [-0.25, -0.2) is 4.98 Å². The van der Waals surface area contributed by atoms with E-state index in [1.807, 2.05) is 19.1 Å². The first-order chi connectivity index (χ1) is 9.06. The van der Waals surface area contributed by atoms with E-state index in [2.05, 4.69) is 26.2 Å². The zero-order chi connectivity index (χ0) is 13.8. The molecule has 5 nitrogen and oxygen atoms in total. The number of hydrogen-bond acceptors (Lipinski definition) is 4. The third-order valence-electron chi connectivity index (χ3n) is 2.71. The first-order valence-corrected chi connectivity index (χ1v) is 6.48. The predicted molar refractivity (Wildman–Crippen MR) is 77.1 cm³/mol. The van der Waals surface area contributed by atoms with Crippen molar-refractivity contribution < 1.29 is 4.92 Å². The number of anilines is 1. The van der Waals surface area contributed by atoms with Crippen molar-refractivity contribution in [1.82, 2.24) is 4.98 Å². The Morgan fingerprint density at radius 3 is 2.47 bits per heavy atom. The number of nitro benzene ring substituents is 1. The lowest BCUT2D eigenvalue weighted by Crippen LogP contribution is -2.06. The highest BCUT2D eigenvalue weighted by Crippen LogP contribution is 2.21. The van der Waals surface area contributed by atoms with Gasteiger partial charge in [0, 0.05) is 18.2 Å².